The zero-order valence-corrected chi connectivity index (χ0v) is 13.4. The number of hydrogen-bond donors (Lipinski definition) is 2. The number of rotatable bonds is 6. The highest BCUT2D eigenvalue weighted by atomic mass is 16.4. The van der Waals surface area contributed by atoms with Crippen LogP contribution in [0.15, 0.2) is 24.3 Å². The molecule has 1 amide bonds. The van der Waals surface area contributed by atoms with E-state index < -0.39 is 5.97 Å². The number of hydrogen-bond acceptors (Lipinski definition) is 4. The van der Waals surface area contributed by atoms with Crippen molar-refractivity contribution in [3.05, 3.63) is 41.2 Å². The van der Waals surface area contributed by atoms with Crippen molar-refractivity contribution in [1.82, 2.24) is 20.3 Å². The summed E-state index contributed by atoms with van der Waals surface area (Å²) in [5.41, 5.74) is 2.85. The number of carbonyl (C=O) groups excluding carboxylic acids is 1. The summed E-state index contributed by atoms with van der Waals surface area (Å²) in [5.74, 6) is -1.38. The molecule has 0 saturated heterocycles. The van der Waals surface area contributed by atoms with E-state index in [0.29, 0.717) is 5.69 Å². The van der Waals surface area contributed by atoms with Crippen LogP contribution in [-0.4, -0.2) is 38.5 Å². The zero-order valence-electron chi connectivity index (χ0n) is 13.4. The highest BCUT2D eigenvalue weighted by Gasteiger charge is 2.18. The van der Waals surface area contributed by atoms with Gasteiger partial charge in [0, 0.05) is 13.0 Å². The van der Waals surface area contributed by atoms with Gasteiger partial charge in [-0.2, -0.15) is 0 Å². The first kappa shape index (κ1) is 16.7. The summed E-state index contributed by atoms with van der Waals surface area (Å²) in [6, 6.07) is 7.74. The monoisotopic (exact) mass is 316 g/mol. The molecule has 0 aliphatic heterocycles. The van der Waals surface area contributed by atoms with Crippen molar-refractivity contribution in [1.29, 1.82) is 0 Å². The van der Waals surface area contributed by atoms with Gasteiger partial charge in [0.15, 0.2) is 5.69 Å². The fraction of sp³-hybridized carbons (Fsp3) is 0.375. The van der Waals surface area contributed by atoms with Gasteiger partial charge >= 0.3 is 5.97 Å². The number of carbonyl (C=O) groups is 2. The zero-order chi connectivity index (χ0) is 17.0. The van der Waals surface area contributed by atoms with E-state index in [2.05, 4.69) is 15.6 Å². The SMILES string of the molecule is Cc1ccc(-n2nnc(C(=O)NCC(C)CC(=O)O)c2C)cc1. The first-order valence-corrected chi connectivity index (χ1v) is 7.37. The lowest BCUT2D eigenvalue weighted by molar-refractivity contribution is -0.137. The summed E-state index contributed by atoms with van der Waals surface area (Å²) in [6.45, 7) is 5.82. The molecular formula is C16H20N4O3. The van der Waals surface area contributed by atoms with Gasteiger partial charge in [0.1, 0.15) is 0 Å². The maximum absolute atomic E-state index is 12.2. The Morgan fingerprint density at radius 2 is 1.91 bits per heavy atom. The van der Waals surface area contributed by atoms with E-state index in [1.807, 2.05) is 31.2 Å². The average Bonchev–Trinajstić information content (AvgIpc) is 2.87. The molecule has 2 rings (SSSR count). The number of nitrogens with zero attached hydrogens (tertiary/aromatic N) is 3. The molecule has 7 nitrogen and oxygen atoms in total. The number of aryl methyl sites for hydroxylation is 1. The Kier molecular flexibility index (Phi) is 5.10. The number of nitrogens with one attached hydrogen (secondary N) is 1. The summed E-state index contributed by atoms with van der Waals surface area (Å²) in [4.78, 5) is 22.8. The van der Waals surface area contributed by atoms with Crippen molar-refractivity contribution in [3.63, 3.8) is 0 Å². The van der Waals surface area contributed by atoms with Crippen LogP contribution in [0.1, 0.15) is 35.1 Å². The van der Waals surface area contributed by atoms with Crippen LogP contribution < -0.4 is 5.32 Å². The van der Waals surface area contributed by atoms with Crippen LogP contribution in [0.4, 0.5) is 0 Å². The van der Waals surface area contributed by atoms with Gasteiger partial charge in [0.25, 0.3) is 5.91 Å². The third-order valence-corrected chi connectivity index (χ3v) is 3.52. The van der Waals surface area contributed by atoms with Crippen molar-refractivity contribution in [2.45, 2.75) is 27.2 Å². The lowest BCUT2D eigenvalue weighted by Crippen LogP contribution is -2.30. The first-order chi connectivity index (χ1) is 10.9. The van der Waals surface area contributed by atoms with Gasteiger partial charge in [-0.1, -0.05) is 29.8 Å². The van der Waals surface area contributed by atoms with E-state index in [4.69, 9.17) is 5.11 Å². The Bertz CT molecular complexity index is 707. The first-order valence-electron chi connectivity index (χ1n) is 7.37. The Morgan fingerprint density at radius 1 is 1.26 bits per heavy atom. The van der Waals surface area contributed by atoms with Crippen LogP contribution in [-0.2, 0) is 4.79 Å². The van der Waals surface area contributed by atoms with Crippen molar-refractivity contribution in [2.24, 2.45) is 5.92 Å². The van der Waals surface area contributed by atoms with E-state index >= 15 is 0 Å². The van der Waals surface area contributed by atoms with E-state index in [-0.39, 0.29) is 30.5 Å². The normalized spacial score (nSPS) is 12.0. The highest BCUT2D eigenvalue weighted by Crippen LogP contribution is 2.13. The fourth-order valence-corrected chi connectivity index (χ4v) is 2.19. The van der Waals surface area contributed by atoms with Gasteiger partial charge in [-0.3, -0.25) is 9.59 Å². The van der Waals surface area contributed by atoms with Gasteiger partial charge < -0.3 is 10.4 Å². The number of amides is 1. The van der Waals surface area contributed by atoms with Crippen molar-refractivity contribution in [3.8, 4) is 5.69 Å². The molecule has 0 fully saturated rings. The third-order valence-electron chi connectivity index (χ3n) is 3.52. The molecule has 0 aliphatic rings. The van der Waals surface area contributed by atoms with Crippen LogP contribution in [0, 0.1) is 19.8 Å². The smallest absolute Gasteiger partial charge is 0.303 e. The second-order valence-corrected chi connectivity index (χ2v) is 5.68. The molecule has 1 aromatic heterocycles. The molecule has 2 N–H and O–H groups in total. The summed E-state index contributed by atoms with van der Waals surface area (Å²) in [6.07, 6.45) is 0.00925. The van der Waals surface area contributed by atoms with Crippen molar-refractivity contribution in [2.75, 3.05) is 6.54 Å². The van der Waals surface area contributed by atoms with E-state index in [1.165, 1.54) is 0 Å². The summed E-state index contributed by atoms with van der Waals surface area (Å²) in [5, 5.41) is 19.4. The standard InChI is InChI=1S/C16H20N4O3/c1-10-4-6-13(7-5-10)20-12(3)15(18-19-20)16(23)17-9-11(2)8-14(21)22/h4-7,11H,8-9H2,1-3H3,(H,17,23)(H,21,22). The minimum absolute atomic E-state index is 0.00925. The topological polar surface area (TPSA) is 97.1 Å². The minimum atomic E-state index is -0.881. The molecule has 0 radical (unpaired) electrons. The average molecular weight is 316 g/mol. The molecule has 1 unspecified atom stereocenters. The van der Waals surface area contributed by atoms with Crippen LogP contribution in [0.2, 0.25) is 0 Å². The molecular weight excluding hydrogens is 296 g/mol. The third kappa shape index (κ3) is 4.15. The van der Waals surface area contributed by atoms with E-state index in [9.17, 15) is 9.59 Å². The van der Waals surface area contributed by atoms with Gasteiger partial charge in [0.2, 0.25) is 0 Å². The number of carboxylic acids is 1. The Labute approximate surface area is 134 Å². The summed E-state index contributed by atoms with van der Waals surface area (Å²) >= 11 is 0. The Balaban J connectivity index is 2.08. The van der Waals surface area contributed by atoms with Crippen LogP contribution in [0.25, 0.3) is 5.69 Å². The molecule has 122 valence electrons. The molecule has 0 bridgehead atoms. The maximum atomic E-state index is 12.2. The molecule has 0 aliphatic carbocycles. The molecule has 7 heteroatoms. The predicted octanol–water partition coefficient (Wildman–Crippen LogP) is 1.72. The maximum Gasteiger partial charge on any atom is 0.303 e. The van der Waals surface area contributed by atoms with Crippen molar-refractivity contribution < 1.29 is 14.7 Å². The molecule has 1 heterocycles. The molecule has 2 aromatic rings. The molecule has 0 saturated carbocycles. The number of benzene rings is 1. The predicted molar refractivity (Wildman–Crippen MR) is 84.6 cm³/mol. The van der Waals surface area contributed by atoms with Crippen LogP contribution >= 0.6 is 0 Å². The molecule has 1 atom stereocenters. The second kappa shape index (κ2) is 7.04. The van der Waals surface area contributed by atoms with Gasteiger partial charge in [-0.25, -0.2) is 4.68 Å². The number of aliphatic carboxylic acids is 1. The fourth-order valence-electron chi connectivity index (χ4n) is 2.19. The molecule has 23 heavy (non-hydrogen) atoms. The van der Waals surface area contributed by atoms with E-state index in [0.717, 1.165) is 11.3 Å². The number of carboxylic acid groups (broad SMARTS) is 1. The Hall–Kier alpha value is -2.70. The lowest BCUT2D eigenvalue weighted by Gasteiger charge is -2.09. The second-order valence-electron chi connectivity index (χ2n) is 5.68. The summed E-state index contributed by atoms with van der Waals surface area (Å²) < 4.78 is 1.61. The lowest BCUT2D eigenvalue weighted by atomic mass is 10.1. The van der Waals surface area contributed by atoms with E-state index in [1.54, 1.807) is 18.5 Å². The van der Waals surface area contributed by atoms with Gasteiger partial charge in [-0.05, 0) is 31.9 Å². The van der Waals surface area contributed by atoms with Crippen molar-refractivity contribution >= 4 is 11.9 Å². The number of aromatic nitrogens is 3. The van der Waals surface area contributed by atoms with Crippen LogP contribution in [0.5, 0.6) is 0 Å². The quantitative estimate of drug-likeness (QED) is 0.846. The van der Waals surface area contributed by atoms with Gasteiger partial charge in [0.05, 0.1) is 11.4 Å². The van der Waals surface area contributed by atoms with Gasteiger partial charge in [-0.15, -0.1) is 5.10 Å². The highest BCUT2D eigenvalue weighted by molar-refractivity contribution is 5.93. The largest absolute Gasteiger partial charge is 0.481 e. The minimum Gasteiger partial charge on any atom is -0.481 e. The Morgan fingerprint density at radius 3 is 2.52 bits per heavy atom. The molecule has 1 aromatic carbocycles. The summed E-state index contributed by atoms with van der Waals surface area (Å²) in [7, 11) is 0. The van der Waals surface area contributed by atoms with Crippen LogP contribution in [0.3, 0.4) is 0 Å². The molecule has 0 spiro atoms.